The third kappa shape index (κ3) is 1.95. The quantitative estimate of drug-likeness (QED) is 0.763. The molecule has 1 N–H and O–H groups in total. The summed E-state index contributed by atoms with van der Waals surface area (Å²) in [6, 6.07) is 0. The Kier molecular flexibility index (Phi) is 2.81. The van der Waals surface area contributed by atoms with Crippen molar-refractivity contribution < 1.29 is 0 Å². The van der Waals surface area contributed by atoms with Crippen molar-refractivity contribution in [2.75, 3.05) is 6.54 Å². The Bertz CT molecular complexity index is 282. The van der Waals surface area contributed by atoms with Gasteiger partial charge >= 0.3 is 0 Å². The van der Waals surface area contributed by atoms with Crippen LogP contribution in [0.4, 0.5) is 0 Å². The summed E-state index contributed by atoms with van der Waals surface area (Å²) >= 11 is 0. The fourth-order valence-corrected chi connectivity index (χ4v) is 5.00. The largest absolute Gasteiger partial charge is 0.311 e. The average Bonchev–Trinajstić information content (AvgIpc) is 2.90. The van der Waals surface area contributed by atoms with E-state index in [9.17, 15) is 0 Å². The number of hydrogen-bond donors (Lipinski definition) is 1. The van der Waals surface area contributed by atoms with E-state index in [0.717, 1.165) is 17.8 Å². The molecule has 1 nitrogen and oxygen atoms in total. The van der Waals surface area contributed by atoms with Gasteiger partial charge in [0.2, 0.25) is 0 Å². The van der Waals surface area contributed by atoms with Crippen molar-refractivity contribution in [1.82, 2.24) is 5.32 Å². The summed E-state index contributed by atoms with van der Waals surface area (Å²) in [5, 5.41) is 3.90. The Morgan fingerprint density at radius 3 is 2.47 bits per heavy atom. The molecule has 1 aliphatic heterocycles. The molecule has 0 aromatic carbocycles. The van der Waals surface area contributed by atoms with Gasteiger partial charge in [-0.1, -0.05) is 27.2 Å². The van der Waals surface area contributed by atoms with Crippen molar-refractivity contribution in [3.8, 4) is 0 Å². The van der Waals surface area contributed by atoms with Crippen LogP contribution in [0.1, 0.15) is 65.7 Å². The van der Waals surface area contributed by atoms with Gasteiger partial charge in [0.05, 0.1) is 0 Å². The molecular weight excluding hydrogens is 206 g/mol. The van der Waals surface area contributed by atoms with Crippen LogP contribution in [0.5, 0.6) is 0 Å². The Morgan fingerprint density at radius 1 is 1.18 bits per heavy atom. The Labute approximate surface area is 107 Å². The van der Waals surface area contributed by atoms with E-state index in [0.29, 0.717) is 11.0 Å². The molecule has 1 heterocycles. The number of hydrogen-bond acceptors (Lipinski definition) is 1. The summed E-state index contributed by atoms with van der Waals surface area (Å²) in [5.41, 5.74) is 0.869. The average molecular weight is 235 g/mol. The number of nitrogens with one attached hydrogen (secondary N) is 1. The molecule has 0 spiro atoms. The fourth-order valence-electron chi connectivity index (χ4n) is 5.00. The monoisotopic (exact) mass is 235 g/mol. The van der Waals surface area contributed by atoms with Gasteiger partial charge in [0, 0.05) is 5.54 Å². The smallest absolute Gasteiger partial charge is 0.0233 e. The molecule has 0 amide bonds. The lowest BCUT2D eigenvalue weighted by Crippen LogP contribution is -2.52. The second-order valence-electron chi connectivity index (χ2n) is 8.00. The maximum absolute atomic E-state index is 3.90. The predicted molar refractivity (Wildman–Crippen MR) is 73.0 cm³/mol. The molecule has 3 aliphatic rings. The molecule has 4 atom stereocenters. The molecule has 0 aromatic heterocycles. The van der Waals surface area contributed by atoms with Gasteiger partial charge in [-0.25, -0.2) is 0 Å². The molecule has 0 radical (unpaired) electrons. The van der Waals surface area contributed by atoms with Crippen molar-refractivity contribution in [2.45, 2.75) is 71.3 Å². The third-order valence-electron chi connectivity index (χ3n) is 6.17. The molecule has 3 fully saturated rings. The molecule has 2 aliphatic carbocycles. The topological polar surface area (TPSA) is 12.0 Å². The van der Waals surface area contributed by atoms with E-state index < -0.39 is 0 Å². The molecule has 2 bridgehead atoms. The van der Waals surface area contributed by atoms with Crippen molar-refractivity contribution in [3.05, 3.63) is 0 Å². The minimum atomic E-state index is 0.422. The van der Waals surface area contributed by atoms with E-state index in [2.05, 4.69) is 26.1 Å². The first-order valence-electron chi connectivity index (χ1n) is 7.75. The SMILES string of the molecule is CC(C)(C)C1(CC2CC3CCC2C3)CCCN1. The minimum Gasteiger partial charge on any atom is -0.311 e. The van der Waals surface area contributed by atoms with E-state index in [1.54, 1.807) is 12.8 Å². The normalized spacial score (nSPS) is 45.7. The first-order chi connectivity index (χ1) is 8.00. The lowest BCUT2D eigenvalue weighted by molar-refractivity contribution is 0.107. The van der Waals surface area contributed by atoms with Crippen LogP contribution >= 0.6 is 0 Å². The van der Waals surface area contributed by atoms with Crippen LogP contribution < -0.4 is 5.32 Å². The second kappa shape index (κ2) is 3.98. The van der Waals surface area contributed by atoms with Gasteiger partial charge in [-0.2, -0.15) is 0 Å². The van der Waals surface area contributed by atoms with Gasteiger partial charge in [0.15, 0.2) is 0 Å². The highest BCUT2D eigenvalue weighted by molar-refractivity contribution is 5.05. The van der Waals surface area contributed by atoms with Crippen molar-refractivity contribution in [1.29, 1.82) is 0 Å². The molecule has 1 saturated heterocycles. The summed E-state index contributed by atoms with van der Waals surface area (Å²) < 4.78 is 0. The van der Waals surface area contributed by atoms with Crippen LogP contribution in [0.25, 0.3) is 0 Å². The summed E-state index contributed by atoms with van der Waals surface area (Å²) in [4.78, 5) is 0. The van der Waals surface area contributed by atoms with Gasteiger partial charge in [-0.05, 0) is 68.2 Å². The van der Waals surface area contributed by atoms with Crippen molar-refractivity contribution in [2.24, 2.45) is 23.2 Å². The van der Waals surface area contributed by atoms with Crippen molar-refractivity contribution in [3.63, 3.8) is 0 Å². The van der Waals surface area contributed by atoms with E-state index in [1.807, 2.05) is 0 Å². The van der Waals surface area contributed by atoms with E-state index >= 15 is 0 Å². The summed E-state index contributed by atoms with van der Waals surface area (Å²) in [7, 11) is 0. The Morgan fingerprint density at radius 2 is 2.00 bits per heavy atom. The highest BCUT2D eigenvalue weighted by Crippen LogP contribution is 2.53. The van der Waals surface area contributed by atoms with E-state index in [4.69, 9.17) is 0 Å². The molecule has 17 heavy (non-hydrogen) atoms. The second-order valence-corrected chi connectivity index (χ2v) is 8.00. The molecule has 1 heteroatoms. The molecular formula is C16H29N. The molecule has 3 rings (SSSR count). The molecule has 98 valence electrons. The zero-order chi connectivity index (χ0) is 12.1. The third-order valence-corrected chi connectivity index (χ3v) is 6.17. The standard InChI is InChI=1S/C16H29N/c1-15(2,3)16(7-4-8-17-16)11-14-10-12-5-6-13(14)9-12/h12-14,17H,4-11H2,1-3H3. The zero-order valence-electron chi connectivity index (χ0n) is 11.9. The van der Waals surface area contributed by atoms with Crippen LogP contribution in [0.2, 0.25) is 0 Å². The van der Waals surface area contributed by atoms with Crippen LogP contribution in [-0.4, -0.2) is 12.1 Å². The maximum atomic E-state index is 3.90. The zero-order valence-corrected chi connectivity index (χ0v) is 11.9. The van der Waals surface area contributed by atoms with Gasteiger partial charge in [-0.3, -0.25) is 0 Å². The predicted octanol–water partition coefficient (Wildman–Crippen LogP) is 3.98. The van der Waals surface area contributed by atoms with Crippen LogP contribution in [0.15, 0.2) is 0 Å². The maximum Gasteiger partial charge on any atom is 0.0233 e. The minimum absolute atomic E-state index is 0.422. The summed E-state index contributed by atoms with van der Waals surface area (Å²) in [5.74, 6) is 3.23. The Balaban J connectivity index is 1.73. The van der Waals surface area contributed by atoms with E-state index in [-0.39, 0.29) is 0 Å². The highest BCUT2D eigenvalue weighted by Gasteiger charge is 2.49. The van der Waals surface area contributed by atoms with Gasteiger partial charge in [0.25, 0.3) is 0 Å². The van der Waals surface area contributed by atoms with Crippen LogP contribution in [-0.2, 0) is 0 Å². The lowest BCUT2D eigenvalue weighted by Gasteiger charge is -2.45. The van der Waals surface area contributed by atoms with Crippen molar-refractivity contribution >= 4 is 0 Å². The van der Waals surface area contributed by atoms with Gasteiger partial charge in [-0.15, -0.1) is 0 Å². The van der Waals surface area contributed by atoms with Crippen LogP contribution in [0.3, 0.4) is 0 Å². The summed E-state index contributed by atoms with van der Waals surface area (Å²) in [6.07, 6.45) is 10.4. The number of rotatable bonds is 2. The van der Waals surface area contributed by atoms with Gasteiger partial charge in [0.1, 0.15) is 0 Å². The van der Waals surface area contributed by atoms with Gasteiger partial charge < -0.3 is 5.32 Å². The molecule has 4 unspecified atom stereocenters. The van der Waals surface area contributed by atoms with Crippen LogP contribution in [0, 0.1) is 23.2 Å². The fraction of sp³-hybridized carbons (Fsp3) is 1.00. The lowest BCUT2D eigenvalue weighted by atomic mass is 9.66. The highest BCUT2D eigenvalue weighted by atomic mass is 15.0. The van der Waals surface area contributed by atoms with E-state index in [1.165, 1.54) is 38.6 Å². The number of fused-ring (bicyclic) bond motifs is 2. The summed E-state index contributed by atoms with van der Waals surface area (Å²) in [6.45, 7) is 8.58. The first kappa shape index (κ1) is 12.0. The first-order valence-corrected chi connectivity index (χ1v) is 7.75. The molecule has 0 aromatic rings. The molecule has 2 saturated carbocycles. The Hall–Kier alpha value is -0.0400.